The van der Waals surface area contributed by atoms with Crippen LogP contribution in [0, 0.1) is 0 Å². The van der Waals surface area contributed by atoms with E-state index < -0.39 is 0 Å². The van der Waals surface area contributed by atoms with E-state index in [9.17, 15) is 0 Å². The van der Waals surface area contributed by atoms with Crippen LogP contribution in [0.25, 0.3) is 33.6 Å². The number of aromatic amines is 1. The Balaban J connectivity index is 1.76. The summed E-state index contributed by atoms with van der Waals surface area (Å²) in [5, 5.41) is 0.864. The van der Waals surface area contributed by atoms with Crippen molar-refractivity contribution in [3.63, 3.8) is 0 Å². The van der Waals surface area contributed by atoms with Crippen LogP contribution in [-0.4, -0.2) is 50.2 Å². The zero-order chi connectivity index (χ0) is 18.5. The van der Waals surface area contributed by atoms with Crippen LogP contribution in [0.5, 0.6) is 0 Å². The highest BCUT2D eigenvalue weighted by molar-refractivity contribution is 5.92. The topological polar surface area (TPSA) is 111 Å². The Hall–Kier alpha value is -3.20. The standard InChI is InChI=1S/C18H20N8O/c1-25(2)17-14-18(26-4-3-5-27-9-13(26)22-14)24-15(23-17)10-6-11-12(19)8-21-16(11)20-7-10/h6-8H,3-5,9,19H2,1-2H3,(H,20,21). The van der Waals surface area contributed by atoms with Gasteiger partial charge in [0.15, 0.2) is 22.8 Å². The van der Waals surface area contributed by atoms with Crippen LogP contribution in [0.1, 0.15) is 12.2 Å². The number of hydrogen-bond acceptors (Lipinski definition) is 7. The molecule has 0 fully saturated rings. The molecule has 0 saturated heterocycles. The smallest absolute Gasteiger partial charge is 0.166 e. The molecular weight excluding hydrogens is 344 g/mol. The van der Waals surface area contributed by atoms with Gasteiger partial charge >= 0.3 is 0 Å². The number of fused-ring (bicyclic) bond motifs is 4. The van der Waals surface area contributed by atoms with Gasteiger partial charge in [0.1, 0.15) is 18.1 Å². The molecule has 0 aliphatic carbocycles. The van der Waals surface area contributed by atoms with Gasteiger partial charge < -0.3 is 24.9 Å². The number of imidazole rings is 1. The van der Waals surface area contributed by atoms with Gasteiger partial charge in [-0.1, -0.05) is 0 Å². The molecule has 9 heteroatoms. The van der Waals surface area contributed by atoms with E-state index in [1.165, 1.54) is 0 Å². The predicted molar refractivity (Wildman–Crippen MR) is 103 cm³/mol. The van der Waals surface area contributed by atoms with Gasteiger partial charge in [0, 0.05) is 50.6 Å². The number of pyridine rings is 1. The van der Waals surface area contributed by atoms with Gasteiger partial charge in [-0.15, -0.1) is 0 Å². The first kappa shape index (κ1) is 16.0. The van der Waals surface area contributed by atoms with Gasteiger partial charge in [0.2, 0.25) is 0 Å². The second-order valence-electron chi connectivity index (χ2n) is 6.89. The molecule has 5 rings (SSSR count). The molecule has 5 heterocycles. The predicted octanol–water partition coefficient (Wildman–Crippen LogP) is 1.94. The molecule has 27 heavy (non-hydrogen) atoms. The van der Waals surface area contributed by atoms with Crippen LogP contribution in [0.4, 0.5) is 11.5 Å². The lowest BCUT2D eigenvalue weighted by Crippen LogP contribution is -2.13. The van der Waals surface area contributed by atoms with Gasteiger partial charge in [0.05, 0.1) is 5.69 Å². The monoisotopic (exact) mass is 364 g/mol. The minimum absolute atomic E-state index is 0.492. The maximum Gasteiger partial charge on any atom is 0.166 e. The van der Waals surface area contributed by atoms with Crippen LogP contribution < -0.4 is 10.6 Å². The van der Waals surface area contributed by atoms with E-state index in [4.69, 9.17) is 25.4 Å². The normalized spacial score (nSPS) is 14.4. The number of H-pyrrole nitrogens is 1. The molecule has 138 valence electrons. The third-order valence-electron chi connectivity index (χ3n) is 4.80. The zero-order valence-electron chi connectivity index (χ0n) is 15.2. The lowest BCUT2D eigenvalue weighted by atomic mass is 10.2. The molecule has 1 aliphatic rings. The Labute approximate surface area is 155 Å². The van der Waals surface area contributed by atoms with E-state index >= 15 is 0 Å². The number of nitrogens with zero attached hydrogens (tertiary/aromatic N) is 6. The second-order valence-corrected chi connectivity index (χ2v) is 6.89. The van der Waals surface area contributed by atoms with Crippen molar-refractivity contribution in [2.24, 2.45) is 0 Å². The number of aromatic nitrogens is 6. The average molecular weight is 364 g/mol. The maximum absolute atomic E-state index is 6.04. The summed E-state index contributed by atoms with van der Waals surface area (Å²) < 4.78 is 7.78. The number of aryl methyl sites for hydroxylation is 1. The average Bonchev–Trinajstić information content (AvgIpc) is 3.11. The van der Waals surface area contributed by atoms with Crippen molar-refractivity contribution < 1.29 is 4.74 Å². The number of anilines is 2. The van der Waals surface area contributed by atoms with E-state index in [-0.39, 0.29) is 0 Å². The van der Waals surface area contributed by atoms with Gasteiger partial charge in [-0.05, 0) is 12.5 Å². The van der Waals surface area contributed by atoms with Crippen molar-refractivity contribution in [1.82, 2.24) is 29.5 Å². The largest absolute Gasteiger partial charge is 0.397 e. The summed E-state index contributed by atoms with van der Waals surface area (Å²) in [6.45, 7) is 2.06. The van der Waals surface area contributed by atoms with Gasteiger partial charge in [-0.25, -0.2) is 19.9 Å². The summed E-state index contributed by atoms with van der Waals surface area (Å²) in [4.78, 5) is 23.8. The molecule has 4 aromatic rings. The van der Waals surface area contributed by atoms with Crippen LogP contribution in [0.2, 0.25) is 0 Å². The highest BCUT2D eigenvalue weighted by Crippen LogP contribution is 2.30. The van der Waals surface area contributed by atoms with Crippen molar-refractivity contribution in [2.75, 3.05) is 31.3 Å². The molecular formula is C18H20N8O. The summed E-state index contributed by atoms with van der Waals surface area (Å²) in [5.74, 6) is 2.27. The summed E-state index contributed by atoms with van der Waals surface area (Å²) in [7, 11) is 3.91. The Morgan fingerprint density at radius 3 is 3.00 bits per heavy atom. The lowest BCUT2D eigenvalue weighted by molar-refractivity contribution is 0.122. The fraction of sp³-hybridized carbons (Fsp3) is 0.333. The fourth-order valence-corrected chi connectivity index (χ4v) is 3.45. The summed E-state index contributed by atoms with van der Waals surface area (Å²) >= 11 is 0. The van der Waals surface area contributed by atoms with E-state index in [0.29, 0.717) is 18.1 Å². The van der Waals surface area contributed by atoms with Crippen LogP contribution in [0.3, 0.4) is 0 Å². The number of rotatable bonds is 2. The molecule has 0 unspecified atom stereocenters. The van der Waals surface area contributed by atoms with Gasteiger partial charge in [-0.2, -0.15) is 0 Å². The maximum atomic E-state index is 6.04. The lowest BCUT2D eigenvalue weighted by Gasteiger charge is -2.13. The second kappa shape index (κ2) is 5.92. The molecule has 3 N–H and O–H groups in total. The van der Waals surface area contributed by atoms with Crippen LogP contribution in [0.15, 0.2) is 18.5 Å². The quantitative estimate of drug-likeness (QED) is 0.559. The molecule has 0 atom stereocenters. The molecule has 1 aliphatic heterocycles. The Morgan fingerprint density at radius 2 is 2.15 bits per heavy atom. The number of nitrogens with one attached hydrogen (secondary N) is 1. The summed E-state index contributed by atoms with van der Waals surface area (Å²) in [5.41, 5.74) is 9.88. The molecule has 0 radical (unpaired) electrons. The number of hydrogen-bond donors (Lipinski definition) is 2. The highest BCUT2D eigenvalue weighted by atomic mass is 16.5. The first-order chi connectivity index (χ1) is 13.1. The number of ether oxygens (including phenoxy) is 1. The molecule has 0 spiro atoms. The summed E-state index contributed by atoms with van der Waals surface area (Å²) in [6, 6.07) is 1.97. The molecule has 9 nitrogen and oxygen atoms in total. The first-order valence-corrected chi connectivity index (χ1v) is 8.87. The number of nitrogens with two attached hydrogens (primary N) is 1. The van der Waals surface area contributed by atoms with Crippen molar-refractivity contribution in [3.8, 4) is 11.4 Å². The van der Waals surface area contributed by atoms with E-state index in [1.54, 1.807) is 12.4 Å². The van der Waals surface area contributed by atoms with Crippen molar-refractivity contribution in [3.05, 3.63) is 24.3 Å². The van der Waals surface area contributed by atoms with E-state index in [2.05, 4.69) is 14.5 Å². The molecule has 0 aromatic carbocycles. The number of nitrogen functional groups attached to an aromatic ring is 1. The Bertz CT molecular complexity index is 1160. The zero-order valence-corrected chi connectivity index (χ0v) is 15.2. The highest BCUT2D eigenvalue weighted by Gasteiger charge is 2.21. The fourth-order valence-electron chi connectivity index (χ4n) is 3.45. The first-order valence-electron chi connectivity index (χ1n) is 8.87. The SMILES string of the molecule is CN(C)c1nc(-c2cnc3[nH]cc(N)c3c2)nc2c1nc1n2CCCOC1. The third kappa shape index (κ3) is 2.50. The van der Waals surface area contributed by atoms with E-state index in [1.807, 2.05) is 25.1 Å². The van der Waals surface area contributed by atoms with Gasteiger partial charge in [-0.3, -0.25) is 0 Å². The molecule has 0 amide bonds. The van der Waals surface area contributed by atoms with Crippen molar-refractivity contribution >= 4 is 33.7 Å². The Kier molecular flexibility index (Phi) is 3.51. The summed E-state index contributed by atoms with van der Waals surface area (Å²) in [6.07, 6.45) is 4.44. The van der Waals surface area contributed by atoms with Crippen molar-refractivity contribution in [1.29, 1.82) is 0 Å². The minimum Gasteiger partial charge on any atom is -0.397 e. The Morgan fingerprint density at radius 1 is 1.26 bits per heavy atom. The van der Waals surface area contributed by atoms with Crippen LogP contribution in [-0.2, 0) is 17.9 Å². The van der Waals surface area contributed by atoms with Crippen molar-refractivity contribution in [2.45, 2.75) is 19.6 Å². The molecule has 4 aromatic heterocycles. The van der Waals surface area contributed by atoms with Gasteiger partial charge in [0.25, 0.3) is 0 Å². The third-order valence-corrected chi connectivity index (χ3v) is 4.80. The molecule has 0 saturated carbocycles. The molecule has 0 bridgehead atoms. The minimum atomic E-state index is 0.492. The van der Waals surface area contributed by atoms with Crippen LogP contribution >= 0.6 is 0 Å². The van der Waals surface area contributed by atoms with E-state index in [0.717, 1.165) is 59.0 Å².